The number of amides is 2. The molecule has 6 rings (SSSR count). The third kappa shape index (κ3) is 9.17. The largest absolute Gasteiger partial charge is 1.00 e. The van der Waals surface area contributed by atoms with Gasteiger partial charge in [-0.25, -0.2) is 8.78 Å². The van der Waals surface area contributed by atoms with Crippen LogP contribution in [0.3, 0.4) is 0 Å². The van der Waals surface area contributed by atoms with Crippen LogP contribution in [0, 0.1) is 11.6 Å². The van der Waals surface area contributed by atoms with Crippen LogP contribution < -0.4 is 63.3 Å². The van der Waals surface area contributed by atoms with Crippen LogP contribution in [0.15, 0.2) is 73.3 Å². The third-order valence-corrected chi connectivity index (χ3v) is 7.21. The van der Waals surface area contributed by atoms with Crippen LogP contribution >= 0.6 is 0 Å². The number of anilines is 2. The fourth-order valence-corrected chi connectivity index (χ4v) is 4.66. The molecule has 4 aromatic heterocycles. The summed E-state index contributed by atoms with van der Waals surface area (Å²) in [6.07, 6.45) is 5.82. The smallest absolute Gasteiger partial charge is 0.545 e. The molecule has 0 saturated carbocycles. The van der Waals surface area contributed by atoms with Crippen LogP contribution in [0.1, 0.15) is 47.3 Å². The number of benzene rings is 2. The van der Waals surface area contributed by atoms with Crippen LogP contribution in [0.2, 0.25) is 0 Å². The molecule has 6 aromatic rings. The number of carboxylic acid groups (broad SMARTS) is 2. The van der Waals surface area contributed by atoms with Gasteiger partial charge in [0.25, 0.3) is 11.8 Å². The van der Waals surface area contributed by atoms with Gasteiger partial charge in [0.1, 0.15) is 5.82 Å². The van der Waals surface area contributed by atoms with E-state index in [0.29, 0.717) is 34.6 Å². The van der Waals surface area contributed by atoms with Crippen LogP contribution in [0.25, 0.3) is 22.5 Å². The Morgan fingerprint density at radius 2 is 1.17 bits per heavy atom. The molecule has 0 saturated heterocycles. The Kier molecular flexibility index (Phi) is 12.9. The van der Waals surface area contributed by atoms with Gasteiger partial charge in [0, 0.05) is 47.1 Å². The summed E-state index contributed by atoms with van der Waals surface area (Å²) in [5.41, 5.74) is -0.600. The Morgan fingerprint density at radius 3 is 1.60 bits per heavy atom. The van der Waals surface area contributed by atoms with Gasteiger partial charge in [-0.15, -0.1) is 20.4 Å². The summed E-state index contributed by atoms with van der Waals surface area (Å²) < 4.78 is 35.3. The minimum absolute atomic E-state index is 0. The van der Waals surface area contributed by atoms with Crippen molar-refractivity contribution in [3.8, 4) is 28.3 Å². The molecule has 0 fully saturated rings. The van der Waals surface area contributed by atoms with Crippen molar-refractivity contribution in [2.45, 2.75) is 6.42 Å². The van der Waals surface area contributed by atoms with Crippen LogP contribution in [-0.2, 0) is 6.42 Å². The number of aromatic carboxylic acids is 2. The summed E-state index contributed by atoms with van der Waals surface area (Å²) in [6, 6.07) is 8.78. The average molecular weight is 708 g/mol. The Labute approximate surface area is 320 Å². The molecule has 0 radical (unpaired) electrons. The van der Waals surface area contributed by atoms with Crippen molar-refractivity contribution in [3.05, 3.63) is 113 Å². The normalized spacial score (nSPS) is 10.4. The topological polar surface area (TPSA) is 257 Å². The molecule has 0 aliphatic carbocycles. The van der Waals surface area contributed by atoms with E-state index < -0.39 is 64.6 Å². The molecule has 2 aromatic carbocycles. The number of ether oxygens (including phenoxy) is 1. The van der Waals surface area contributed by atoms with E-state index in [0.717, 1.165) is 12.1 Å². The number of carboxylic acids is 2. The standard InChI is InChI=1S/C32H22F2N10O7.2Li/c33-20-8-18(31(47)48)26(39-29(45)24-3-1-22(41-43-24)16-11-35-36-12-16)7-15(20)5-6-51-28-10-27(19(32(49)50)9-21(28)34)40-30(46)25-4-2-23(42-44-25)17-13-37-38-14-17;;/h1-4,7-14H,5-6H2,(H,35,36)(H,37,38)(H,39,45)(H,40,46)(H,47,48)(H,49,50);;/q;2*+1/p-2. The monoisotopic (exact) mass is 708 g/mol. The first kappa shape index (κ1) is 39.5. The maximum Gasteiger partial charge on any atom is 1.00 e. The number of carbonyl (C=O) groups excluding carboxylic acids is 4. The van der Waals surface area contributed by atoms with E-state index in [1.54, 1.807) is 12.4 Å². The summed E-state index contributed by atoms with van der Waals surface area (Å²) >= 11 is 0. The molecule has 4 heterocycles. The van der Waals surface area contributed by atoms with Crippen molar-refractivity contribution < 1.29 is 80.6 Å². The zero-order valence-corrected chi connectivity index (χ0v) is 27.6. The van der Waals surface area contributed by atoms with Gasteiger partial charge < -0.3 is 35.2 Å². The second-order valence-corrected chi connectivity index (χ2v) is 10.5. The molecule has 256 valence electrons. The zero-order valence-electron chi connectivity index (χ0n) is 27.6. The molecule has 0 aliphatic rings. The van der Waals surface area contributed by atoms with Crippen molar-refractivity contribution in [1.82, 2.24) is 40.8 Å². The van der Waals surface area contributed by atoms with Gasteiger partial charge in [-0.05, 0) is 48.0 Å². The van der Waals surface area contributed by atoms with E-state index in [2.05, 4.69) is 51.4 Å². The Hall–Kier alpha value is -6.25. The predicted molar refractivity (Wildman–Crippen MR) is 166 cm³/mol. The number of H-pyrrole nitrogens is 2. The second kappa shape index (κ2) is 17.3. The van der Waals surface area contributed by atoms with E-state index in [4.69, 9.17) is 4.74 Å². The maximum atomic E-state index is 15.0. The molecular formula is C32H20F2Li2N10O7. The summed E-state index contributed by atoms with van der Waals surface area (Å²) in [5.74, 6) is -7.99. The quantitative estimate of drug-likeness (QED) is 0.0872. The minimum Gasteiger partial charge on any atom is -0.545 e. The number of aromatic amines is 2. The van der Waals surface area contributed by atoms with Crippen molar-refractivity contribution >= 4 is 35.1 Å². The number of hydrogen-bond donors (Lipinski definition) is 4. The van der Waals surface area contributed by atoms with Crippen LogP contribution in [0.4, 0.5) is 20.2 Å². The number of nitrogens with one attached hydrogen (secondary N) is 4. The van der Waals surface area contributed by atoms with Gasteiger partial charge in [-0.2, -0.15) is 10.2 Å². The summed E-state index contributed by atoms with van der Waals surface area (Å²) in [5, 5.41) is 56.5. The number of rotatable bonds is 12. The van der Waals surface area contributed by atoms with E-state index in [9.17, 15) is 38.2 Å². The van der Waals surface area contributed by atoms with E-state index in [1.807, 2.05) is 0 Å². The van der Waals surface area contributed by atoms with Gasteiger partial charge >= 0.3 is 37.7 Å². The summed E-state index contributed by atoms with van der Waals surface area (Å²) in [4.78, 5) is 49.2. The van der Waals surface area contributed by atoms with Crippen molar-refractivity contribution in [1.29, 1.82) is 0 Å². The molecule has 53 heavy (non-hydrogen) atoms. The van der Waals surface area contributed by atoms with Crippen molar-refractivity contribution in [3.63, 3.8) is 0 Å². The van der Waals surface area contributed by atoms with Gasteiger partial charge in [0.2, 0.25) is 0 Å². The fourth-order valence-electron chi connectivity index (χ4n) is 4.66. The van der Waals surface area contributed by atoms with E-state index in [1.165, 1.54) is 36.7 Å². The molecule has 2 amide bonds. The summed E-state index contributed by atoms with van der Waals surface area (Å²) in [7, 11) is 0. The Balaban J connectivity index is 0.00000314. The van der Waals surface area contributed by atoms with Gasteiger partial charge in [-0.3, -0.25) is 19.8 Å². The number of nitrogens with zero attached hydrogens (tertiary/aromatic N) is 6. The average Bonchev–Trinajstić information content (AvgIpc) is 3.86. The van der Waals surface area contributed by atoms with Gasteiger partial charge in [-0.1, -0.05) is 0 Å². The Bertz CT molecular complexity index is 2100. The minimum atomic E-state index is -1.80. The number of carbonyl (C=O) groups is 4. The zero-order chi connectivity index (χ0) is 36.1. The number of hydrogen-bond acceptors (Lipinski definition) is 13. The maximum absolute atomic E-state index is 15.0. The van der Waals surface area contributed by atoms with Gasteiger partial charge in [0.05, 0.1) is 53.7 Å². The van der Waals surface area contributed by atoms with Crippen molar-refractivity contribution in [2.24, 2.45) is 0 Å². The molecule has 0 bridgehead atoms. The number of aromatic nitrogens is 8. The summed E-state index contributed by atoms with van der Waals surface area (Å²) in [6.45, 7) is -0.425. The molecule has 0 aliphatic heterocycles. The molecular weight excluding hydrogens is 688 g/mol. The second-order valence-electron chi connectivity index (χ2n) is 10.5. The molecule has 21 heteroatoms. The van der Waals surface area contributed by atoms with Crippen LogP contribution in [0.5, 0.6) is 5.75 Å². The third-order valence-electron chi connectivity index (χ3n) is 7.21. The van der Waals surface area contributed by atoms with E-state index in [-0.39, 0.29) is 66.8 Å². The number of halogens is 2. The Morgan fingerprint density at radius 1 is 0.679 bits per heavy atom. The van der Waals surface area contributed by atoms with Crippen LogP contribution in [-0.4, -0.2) is 71.1 Å². The molecule has 0 unspecified atom stereocenters. The fraction of sp³-hybridized carbons (Fsp3) is 0.0625. The molecule has 17 nitrogen and oxygen atoms in total. The molecule has 0 spiro atoms. The van der Waals surface area contributed by atoms with Crippen molar-refractivity contribution in [2.75, 3.05) is 17.2 Å². The predicted octanol–water partition coefficient (Wildman–Crippen LogP) is -4.81. The SMILES string of the molecule is O=C(Nc1cc(CCOc2cc(NC(=O)c3ccc(-c4cn[nH]c4)nn3)c(C(=O)[O-])cc2F)c(F)cc1C(=O)[O-])c1ccc(-c2cn[nH]c2)nn1.[Li+].[Li+]. The first-order valence-corrected chi connectivity index (χ1v) is 14.6. The van der Waals surface area contributed by atoms with E-state index >= 15 is 0 Å². The first-order valence-electron chi connectivity index (χ1n) is 14.6. The molecule has 4 N–H and O–H groups in total. The first-order chi connectivity index (χ1) is 24.6. The van der Waals surface area contributed by atoms with Gasteiger partial charge in [0.15, 0.2) is 23.0 Å². The molecule has 0 atom stereocenters.